The summed E-state index contributed by atoms with van der Waals surface area (Å²) in [5.41, 5.74) is 14.9. The first-order chi connectivity index (χ1) is 21.5. The van der Waals surface area contributed by atoms with Crippen LogP contribution in [0.4, 0.5) is 0 Å². The van der Waals surface area contributed by atoms with Gasteiger partial charge in [0, 0.05) is 32.3 Å². The van der Waals surface area contributed by atoms with E-state index in [9.17, 15) is 10.5 Å². The van der Waals surface area contributed by atoms with Crippen LogP contribution in [0.3, 0.4) is 0 Å². The Hall–Kier alpha value is -5.52. The minimum atomic E-state index is 0.345. The largest absolute Gasteiger partial charge is 0.327 e. The fourth-order valence-electron chi connectivity index (χ4n) is 5.87. The highest BCUT2D eigenvalue weighted by Gasteiger charge is 2.15. The summed E-state index contributed by atoms with van der Waals surface area (Å²) in [5, 5.41) is 23.7. The Bertz CT molecular complexity index is 2250. The number of fused-ring (bicyclic) bond motifs is 5. The molecular weight excluding hydrogens is 555 g/mol. The number of thiophene rings is 1. The van der Waals surface area contributed by atoms with Gasteiger partial charge in [-0.05, 0) is 74.4 Å². The lowest BCUT2D eigenvalue weighted by Gasteiger charge is -2.11. The molecule has 0 saturated carbocycles. The van der Waals surface area contributed by atoms with Crippen LogP contribution in [-0.4, -0.2) is 6.54 Å². The molecule has 2 N–H and O–H groups in total. The molecule has 1 heterocycles. The van der Waals surface area contributed by atoms with Crippen molar-refractivity contribution in [2.45, 2.75) is 6.92 Å². The smallest absolute Gasteiger partial charge is 0.0991 e. The quantitative estimate of drug-likeness (QED) is 0.150. The molecule has 0 bridgehead atoms. The van der Waals surface area contributed by atoms with Crippen LogP contribution >= 0.6 is 11.3 Å². The molecule has 0 atom stereocenters. The molecular formula is C40H29N3S. The maximum Gasteiger partial charge on any atom is 0.0991 e. The Balaban J connectivity index is 1.44. The Morgan fingerprint density at radius 1 is 0.773 bits per heavy atom. The van der Waals surface area contributed by atoms with Gasteiger partial charge >= 0.3 is 0 Å². The second-order valence-electron chi connectivity index (χ2n) is 10.6. The lowest BCUT2D eigenvalue weighted by molar-refractivity contribution is 1.25. The monoisotopic (exact) mass is 583 g/mol. The van der Waals surface area contributed by atoms with Gasteiger partial charge in [-0.3, -0.25) is 0 Å². The lowest BCUT2D eigenvalue weighted by Crippen LogP contribution is -1.97. The van der Waals surface area contributed by atoms with Gasteiger partial charge in [0.05, 0.1) is 17.7 Å². The Morgan fingerprint density at radius 2 is 1.43 bits per heavy atom. The Kier molecular flexibility index (Phi) is 7.80. The van der Waals surface area contributed by atoms with Gasteiger partial charge in [-0.2, -0.15) is 10.5 Å². The zero-order valence-electron chi connectivity index (χ0n) is 24.4. The van der Waals surface area contributed by atoms with E-state index in [-0.39, 0.29) is 0 Å². The molecule has 6 aromatic rings. The molecule has 3 nitrogen and oxygen atoms in total. The second-order valence-corrected chi connectivity index (χ2v) is 11.7. The Labute approximate surface area is 261 Å². The number of hydrogen-bond acceptors (Lipinski definition) is 4. The van der Waals surface area contributed by atoms with Crippen LogP contribution in [0.1, 0.15) is 18.1 Å². The van der Waals surface area contributed by atoms with Crippen molar-refractivity contribution in [1.82, 2.24) is 0 Å². The lowest BCUT2D eigenvalue weighted by atomic mass is 9.93. The van der Waals surface area contributed by atoms with Crippen LogP contribution in [0.2, 0.25) is 0 Å². The van der Waals surface area contributed by atoms with E-state index in [1.165, 1.54) is 36.5 Å². The average Bonchev–Trinajstić information content (AvgIpc) is 3.45. The number of nitriles is 2. The van der Waals surface area contributed by atoms with E-state index in [0.717, 1.165) is 39.0 Å². The number of nitrogens with two attached hydrogens (primary N) is 1. The number of nitrogens with zero attached hydrogens (tertiary/aromatic N) is 2. The summed E-state index contributed by atoms with van der Waals surface area (Å²) < 4.78 is 2.47. The first kappa shape index (κ1) is 28.6. The molecule has 0 aliphatic carbocycles. The topological polar surface area (TPSA) is 73.6 Å². The van der Waals surface area contributed by atoms with Crippen LogP contribution in [0, 0.1) is 22.7 Å². The maximum atomic E-state index is 9.39. The molecule has 0 unspecified atom stereocenters. The van der Waals surface area contributed by atoms with Crippen LogP contribution in [0.25, 0.3) is 64.3 Å². The molecule has 1 aromatic heterocycles. The van der Waals surface area contributed by atoms with Gasteiger partial charge < -0.3 is 5.73 Å². The van der Waals surface area contributed by atoms with Crippen molar-refractivity contribution in [1.29, 1.82) is 10.5 Å². The van der Waals surface area contributed by atoms with Gasteiger partial charge in [-0.15, -0.1) is 11.3 Å². The maximum absolute atomic E-state index is 9.39. The standard InChI is InChI=1S/C40H29N3S/c1-4-32(25(2)23-42)28-13-15-30(16-14-28)37-22-39-40(35-8-6-5-7-34(35)37)36-18-17-31(21-38(36)44-39)27-9-11-29(12-10-27)33(19-20-41)26(3)24-43/h4-19,21-22H,1,3,20,41H2,2H3/b32-25-,33-19+. The molecule has 4 heteroatoms. The summed E-state index contributed by atoms with van der Waals surface area (Å²) in [6.07, 6.45) is 3.58. The van der Waals surface area contributed by atoms with E-state index in [2.05, 4.69) is 110 Å². The van der Waals surface area contributed by atoms with E-state index >= 15 is 0 Å². The molecule has 44 heavy (non-hydrogen) atoms. The first-order valence-electron chi connectivity index (χ1n) is 14.3. The van der Waals surface area contributed by atoms with Crippen LogP contribution in [-0.2, 0) is 0 Å². The zero-order chi connectivity index (χ0) is 30.8. The van der Waals surface area contributed by atoms with Gasteiger partial charge in [0.25, 0.3) is 0 Å². The predicted molar refractivity (Wildman–Crippen MR) is 188 cm³/mol. The number of benzene rings is 5. The van der Waals surface area contributed by atoms with Gasteiger partial charge in [0.2, 0.25) is 0 Å². The normalized spacial score (nSPS) is 12.1. The van der Waals surface area contributed by atoms with Gasteiger partial charge in [0.1, 0.15) is 0 Å². The minimum absolute atomic E-state index is 0.345. The van der Waals surface area contributed by atoms with E-state index in [1.807, 2.05) is 25.1 Å². The molecule has 0 aliphatic heterocycles. The number of hydrogen-bond donors (Lipinski definition) is 1. The molecule has 210 valence electrons. The van der Waals surface area contributed by atoms with E-state index in [4.69, 9.17) is 5.73 Å². The van der Waals surface area contributed by atoms with Crippen molar-refractivity contribution in [3.05, 3.63) is 145 Å². The van der Waals surface area contributed by atoms with Crippen molar-refractivity contribution in [2.24, 2.45) is 5.73 Å². The zero-order valence-corrected chi connectivity index (χ0v) is 25.2. The van der Waals surface area contributed by atoms with Gasteiger partial charge in [-0.1, -0.05) is 110 Å². The summed E-state index contributed by atoms with van der Waals surface area (Å²) in [6, 6.07) is 38.6. The molecule has 0 amide bonds. The van der Waals surface area contributed by atoms with Gasteiger partial charge in [-0.25, -0.2) is 0 Å². The van der Waals surface area contributed by atoms with Crippen molar-refractivity contribution in [2.75, 3.05) is 6.54 Å². The SMILES string of the molecule is C=C/C(=C(\C)C#N)c1ccc(-c2cc3sc4cc(-c5ccc(/C(=C/CN)C(=C)C#N)cc5)ccc4c3c3ccccc23)cc1. The summed E-state index contributed by atoms with van der Waals surface area (Å²) in [7, 11) is 0. The molecule has 0 spiro atoms. The highest BCUT2D eigenvalue weighted by molar-refractivity contribution is 7.26. The van der Waals surface area contributed by atoms with E-state index in [1.54, 1.807) is 17.4 Å². The molecule has 0 aliphatic rings. The highest BCUT2D eigenvalue weighted by Crippen LogP contribution is 2.44. The molecule has 5 aromatic carbocycles. The minimum Gasteiger partial charge on any atom is -0.327 e. The first-order valence-corrected chi connectivity index (χ1v) is 15.1. The van der Waals surface area contributed by atoms with E-state index in [0.29, 0.717) is 17.7 Å². The van der Waals surface area contributed by atoms with E-state index < -0.39 is 0 Å². The van der Waals surface area contributed by atoms with Crippen LogP contribution in [0.15, 0.2) is 134 Å². The molecule has 6 rings (SSSR count). The molecule has 0 fully saturated rings. The van der Waals surface area contributed by atoms with Crippen molar-refractivity contribution in [3.63, 3.8) is 0 Å². The van der Waals surface area contributed by atoms with Crippen molar-refractivity contribution < 1.29 is 0 Å². The fraction of sp³-hybridized carbons (Fsp3) is 0.0500. The number of rotatable bonds is 7. The predicted octanol–water partition coefficient (Wildman–Crippen LogP) is 10.4. The van der Waals surface area contributed by atoms with Gasteiger partial charge in [0.15, 0.2) is 0 Å². The summed E-state index contributed by atoms with van der Waals surface area (Å²) in [4.78, 5) is 0. The Morgan fingerprint density at radius 3 is 2.09 bits per heavy atom. The molecule has 0 radical (unpaired) electrons. The third-order valence-electron chi connectivity index (χ3n) is 8.07. The average molecular weight is 584 g/mol. The third-order valence-corrected chi connectivity index (χ3v) is 9.17. The second kappa shape index (κ2) is 12.0. The fourth-order valence-corrected chi connectivity index (χ4v) is 7.07. The summed E-state index contributed by atoms with van der Waals surface area (Å²) >= 11 is 1.81. The van der Waals surface area contributed by atoms with Crippen molar-refractivity contribution in [3.8, 4) is 34.4 Å². The van der Waals surface area contributed by atoms with Crippen LogP contribution in [0.5, 0.6) is 0 Å². The summed E-state index contributed by atoms with van der Waals surface area (Å²) in [5.74, 6) is 0. The van der Waals surface area contributed by atoms with Crippen LogP contribution < -0.4 is 5.73 Å². The molecule has 0 saturated heterocycles. The number of allylic oxidation sites excluding steroid dienone is 5. The summed E-state index contributed by atoms with van der Waals surface area (Å²) in [6.45, 7) is 9.95. The highest BCUT2D eigenvalue weighted by atomic mass is 32.1. The third kappa shape index (κ3) is 5.04. The van der Waals surface area contributed by atoms with Crippen molar-refractivity contribution >= 4 is 53.4 Å².